The van der Waals surface area contributed by atoms with Gasteiger partial charge >= 0.3 is 18.2 Å². The van der Waals surface area contributed by atoms with Crippen molar-refractivity contribution in [3.05, 3.63) is 131 Å². The van der Waals surface area contributed by atoms with Gasteiger partial charge in [-0.25, -0.2) is 9.59 Å². The third kappa shape index (κ3) is 5.97. The van der Waals surface area contributed by atoms with Gasteiger partial charge in [0, 0.05) is 40.5 Å². The van der Waals surface area contributed by atoms with Crippen LogP contribution in [0.25, 0.3) is 22.0 Å². The number of ketones is 1. The van der Waals surface area contributed by atoms with E-state index in [0.717, 1.165) is 12.3 Å². The summed E-state index contributed by atoms with van der Waals surface area (Å²) in [6.07, 6.45) is -3.51. The van der Waals surface area contributed by atoms with Crippen molar-refractivity contribution in [2.45, 2.75) is 12.7 Å². The number of carboxylic acid groups (broad SMARTS) is 1. The SMILES string of the molecule is O=C(NCc1cccc(C(=O)O)c1)Nc1cccc(-c2c(C(=O)c3ccccc3)cnc3c(C(F)(F)F)cccc23)c1. The molecule has 3 N–H and O–H groups in total. The molecule has 0 fully saturated rings. The number of pyridine rings is 1. The zero-order valence-corrected chi connectivity index (χ0v) is 21.8. The first kappa shape index (κ1) is 28.0. The molecule has 0 bridgehead atoms. The minimum Gasteiger partial charge on any atom is -0.478 e. The number of nitrogens with one attached hydrogen (secondary N) is 2. The molecule has 210 valence electrons. The van der Waals surface area contributed by atoms with Crippen LogP contribution in [0.15, 0.2) is 103 Å². The highest BCUT2D eigenvalue weighted by atomic mass is 19.4. The molecule has 0 aliphatic rings. The Kier molecular flexibility index (Phi) is 7.70. The molecule has 42 heavy (non-hydrogen) atoms. The topological polar surface area (TPSA) is 108 Å². The Morgan fingerprint density at radius 1 is 0.810 bits per heavy atom. The number of benzene rings is 4. The molecule has 0 unspecified atom stereocenters. The predicted octanol–water partition coefficient (Wildman–Crippen LogP) is 7.17. The standard InChI is InChI=1S/C32H22F3N3O4/c33-32(34,35)26-14-6-13-24-27(25(18-36-28(24)26)29(39)20-8-2-1-3-9-20)21-10-5-12-23(16-21)38-31(42)37-17-19-7-4-11-22(15-19)30(40)41/h1-16,18H,17H2,(H,40,41)(H2,37,38,42). The lowest BCUT2D eigenvalue weighted by molar-refractivity contribution is -0.136. The van der Waals surface area contributed by atoms with Crippen LogP contribution in [0, 0.1) is 0 Å². The van der Waals surface area contributed by atoms with Gasteiger partial charge in [-0.2, -0.15) is 13.2 Å². The van der Waals surface area contributed by atoms with Crippen molar-refractivity contribution in [1.29, 1.82) is 0 Å². The number of carboxylic acids is 1. The smallest absolute Gasteiger partial charge is 0.418 e. The Bertz CT molecular complexity index is 1820. The fourth-order valence-corrected chi connectivity index (χ4v) is 4.60. The van der Waals surface area contributed by atoms with Gasteiger partial charge in [0.05, 0.1) is 16.6 Å². The molecule has 5 aromatic rings. The van der Waals surface area contributed by atoms with E-state index in [9.17, 15) is 27.6 Å². The number of fused-ring (bicyclic) bond motifs is 1. The quantitative estimate of drug-likeness (QED) is 0.180. The first-order chi connectivity index (χ1) is 20.1. The summed E-state index contributed by atoms with van der Waals surface area (Å²) in [4.78, 5) is 41.4. The normalized spacial score (nSPS) is 11.2. The molecule has 4 aromatic carbocycles. The minimum atomic E-state index is -4.67. The lowest BCUT2D eigenvalue weighted by atomic mass is 9.91. The van der Waals surface area contributed by atoms with E-state index in [-0.39, 0.29) is 34.1 Å². The summed E-state index contributed by atoms with van der Waals surface area (Å²) < 4.78 is 41.5. The molecule has 2 amide bonds. The highest BCUT2D eigenvalue weighted by Crippen LogP contribution is 2.39. The maximum atomic E-state index is 13.8. The number of carbonyl (C=O) groups excluding carboxylic acids is 2. The van der Waals surface area contributed by atoms with E-state index in [1.54, 1.807) is 66.7 Å². The van der Waals surface area contributed by atoms with E-state index in [4.69, 9.17) is 5.11 Å². The molecule has 0 saturated carbocycles. The number of alkyl halides is 3. The number of urea groups is 1. The summed E-state index contributed by atoms with van der Waals surface area (Å²) in [6.45, 7) is 0.0532. The molecule has 5 rings (SSSR count). The maximum absolute atomic E-state index is 13.8. The van der Waals surface area contributed by atoms with E-state index in [1.165, 1.54) is 24.3 Å². The third-order valence-electron chi connectivity index (χ3n) is 6.52. The second-order valence-corrected chi connectivity index (χ2v) is 9.34. The van der Waals surface area contributed by atoms with Crippen LogP contribution < -0.4 is 10.6 Å². The Labute approximate surface area is 237 Å². The molecule has 7 nitrogen and oxygen atoms in total. The Morgan fingerprint density at radius 3 is 2.26 bits per heavy atom. The molecule has 10 heteroatoms. The van der Waals surface area contributed by atoms with Crippen LogP contribution in [-0.4, -0.2) is 27.9 Å². The molecule has 1 heterocycles. The van der Waals surface area contributed by atoms with Crippen LogP contribution in [0.3, 0.4) is 0 Å². The summed E-state index contributed by atoms with van der Waals surface area (Å²) in [5, 5.41) is 14.6. The lowest BCUT2D eigenvalue weighted by Gasteiger charge is -2.16. The van der Waals surface area contributed by atoms with Crippen LogP contribution in [0.1, 0.15) is 37.4 Å². The number of hydrogen-bond donors (Lipinski definition) is 3. The minimum absolute atomic E-state index is 0.0532. The second kappa shape index (κ2) is 11.5. The van der Waals surface area contributed by atoms with Crippen LogP contribution >= 0.6 is 0 Å². The molecule has 0 aliphatic carbocycles. The number of rotatable bonds is 7. The van der Waals surface area contributed by atoms with Gasteiger partial charge in [-0.05, 0) is 41.5 Å². The second-order valence-electron chi connectivity index (χ2n) is 9.34. The van der Waals surface area contributed by atoms with E-state index < -0.39 is 29.5 Å². The molecule has 0 spiro atoms. The van der Waals surface area contributed by atoms with Gasteiger partial charge in [-0.1, -0.05) is 66.7 Å². The molecule has 0 aliphatic heterocycles. The number of nitrogens with zero attached hydrogens (tertiary/aromatic N) is 1. The zero-order chi connectivity index (χ0) is 29.9. The van der Waals surface area contributed by atoms with Gasteiger partial charge in [0.1, 0.15) is 0 Å². The number of aromatic carboxylic acids is 1. The van der Waals surface area contributed by atoms with Crippen molar-refractivity contribution in [2.75, 3.05) is 5.32 Å². The van der Waals surface area contributed by atoms with Gasteiger partial charge in [-0.15, -0.1) is 0 Å². The van der Waals surface area contributed by atoms with Gasteiger partial charge in [0.15, 0.2) is 5.78 Å². The summed E-state index contributed by atoms with van der Waals surface area (Å²) in [7, 11) is 0. The Hall–Kier alpha value is -5.51. The van der Waals surface area contributed by atoms with Crippen LogP contribution in [0.4, 0.5) is 23.7 Å². The number of carbonyl (C=O) groups is 3. The number of amides is 2. The Morgan fingerprint density at radius 2 is 1.52 bits per heavy atom. The van der Waals surface area contributed by atoms with Crippen molar-refractivity contribution >= 4 is 34.4 Å². The average molecular weight is 570 g/mol. The van der Waals surface area contributed by atoms with Crippen LogP contribution in [0.2, 0.25) is 0 Å². The zero-order valence-electron chi connectivity index (χ0n) is 21.8. The van der Waals surface area contributed by atoms with Gasteiger partial charge in [0.25, 0.3) is 0 Å². The van der Waals surface area contributed by atoms with Crippen molar-refractivity contribution in [1.82, 2.24) is 10.3 Å². The number of halogens is 3. The molecule has 0 saturated heterocycles. The summed E-state index contributed by atoms with van der Waals surface area (Å²) in [5.74, 6) is -1.51. The van der Waals surface area contributed by atoms with Crippen LogP contribution in [-0.2, 0) is 12.7 Å². The fraction of sp³-hybridized carbons (Fsp3) is 0.0625. The number of aromatic nitrogens is 1. The van der Waals surface area contributed by atoms with Crippen molar-refractivity contribution in [2.24, 2.45) is 0 Å². The highest BCUT2D eigenvalue weighted by molar-refractivity contribution is 6.17. The first-order valence-electron chi connectivity index (χ1n) is 12.7. The van der Waals surface area contributed by atoms with Crippen molar-refractivity contribution < 1.29 is 32.7 Å². The summed E-state index contributed by atoms with van der Waals surface area (Å²) in [6, 6.07) is 23.9. The van der Waals surface area contributed by atoms with Gasteiger partial charge < -0.3 is 15.7 Å². The van der Waals surface area contributed by atoms with Crippen LogP contribution in [0.5, 0.6) is 0 Å². The molecule has 1 aromatic heterocycles. The average Bonchev–Trinajstić information content (AvgIpc) is 2.99. The number of hydrogen-bond acceptors (Lipinski definition) is 4. The number of para-hydroxylation sites is 1. The largest absolute Gasteiger partial charge is 0.478 e. The molecular formula is C32H22F3N3O4. The van der Waals surface area contributed by atoms with E-state index in [1.807, 2.05) is 0 Å². The predicted molar refractivity (Wildman–Crippen MR) is 151 cm³/mol. The van der Waals surface area contributed by atoms with Gasteiger partial charge in [-0.3, -0.25) is 9.78 Å². The fourth-order valence-electron chi connectivity index (χ4n) is 4.60. The summed E-state index contributed by atoms with van der Waals surface area (Å²) in [5.41, 5.74) is 0.834. The highest BCUT2D eigenvalue weighted by Gasteiger charge is 2.34. The van der Waals surface area contributed by atoms with Gasteiger partial charge in [0.2, 0.25) is 0 Å². The first-order valence-corrected chi connectivity index (χ1v) is 12.7. The van der Waals surface area contributed by atoms with E-state index in [2.05, 4.69) is 15.6 Å². The lowest BCUT2D eigenvalue weighted by Crippen LogP contribution is -2.28. The molecule has 0 atom stereocenters. The molecule has 0 radical (unpaired) electrons. The number of anilines is 1. The van der Waals surface area contributed by atoms with Crippen molar-refractivity contribution in [3.8, 4) is 11.1 Å². The Balaban J connectivity index is 1.51. The maximum Gasteiger partial charge on any atom is 0.418 e. The monoisotopic (exact) mass is 569 g/mol. The molecular weight excluding hydrogens is 547 g/mol. The summed E-state index contributed by atoms with van der Waals surface area (Å²) >= 11 is 0. The van der Waals surface area contributed by atoms with E-state index >= 15 is 0 Å². The van der Waals surface area contributed by atoms with Crippen molar-refractivity contribution in [3.63, 3.8) is 0 Å². The van der Waals surface area contributed by atoms with E-state index in [0.29, 0.717) is 22.4 Å². The third-order valence-corrected chi connectivity index (χ3v) is 6.52.